The molecule has 0 aliphatic rings. The van der Waals surface area contributed by atoms with Gasteiger partial charge in [0.25, 0.3) is 0 Å². The molecule has 0 atom stereocenters. The number of pyridine rings is 1. The maximum absolute atomic E-state index is 11.3. The maximum atomic E-state index is 11.3. The fourth-order valence-electron chi connectivity index (χ4n) is 8.76. The van der Waals surface area contributed by atoms with Crippen molar-refractivity contribution in [1.82, 2.24) is 14.5 Å². The maximum Gasteiger partial charge on any atom is 0.148 e. The van der Waals surface area contributed by atoms with Crippen LogP contribution >= 0.6 is 0 Å². The van der Waals surface area contributed by atoms with Gasteiger partial charge in [-0.3, -0.25) is 9.55 Å². The number of aromatic hydroxyl groups is 1. The molecule has 5 nitrogen and oxygen atoms in total. The van der Waals surface area contributed by atoms with Crippen molar-refractivity contribution in [3.05, 3.63) is 205 Å². The van der Waals surface area contributed by atoms with E-state index in [1.54, 1.807) is 6.07 Å². The van der Waals surface area contributed by atoms with Gasteiger partial charge in [-0.1, -0.05) is 158 Å². The Labute approximate surface area is 367 Å². The molecule has 0 saturated carbocycles. The fraction of sp³-hybridized carbons (Fsp3) is 0.0545. The molecule has 0 spiro atoms. The molecule has 0 saturated heterocycles. The minimum atomic E-state index is -0.370. The molecule has 61 heavy (non-hydrogen) atoms. The summed E-state index contributed by atoms with van der Waals surface area (Å²) >= 11 is 0. The van der Waals surface area contributed by atoms with Crippen LogP contribution in [0, 0.1) is 6.07 Å². The Kier molecular flexibility index (Phi) is 9.50. The van der Waals surface area contributed by atoms with Gasteiger partial charge in [-0.05, 0) is 58.3 Å². The zero-order chi connectivity index (χ0) is 40.4. The van der Waals surface area contributed by atoms with Crippen LogP contribution < -0.4 is 0 Å². The van der Waals surface area contributed by atoms with Crippen LogP contribution in [0.1, 0.15) is 25.0 Å². The van der Waals surface area contributed by atoms with Gasteiger partial charge in [-0.15, -0.1) is 29.3 Å². The summed E-state index contributed by atoms with van der Waals surface area (Å²) in [5, 5.41) is 15.7. The van der Waals surface area contributed by atoms with E-state index in [4.69, 9.17) is 14.4 Å². The Morgan fingerprint density at radius 1 is 0.590 bits per heavy atom. The first-order valence-corrected chi connectivity index (χ1v) is 20.2. The Morgan fingerprint density at radius 3 is 2.10 bits per heavy atom. The number of para-hydroxylation sites is 3. The van der Waals surface area contributed by atoms with Crippen molar-refractivity contribution in [3.8, 4) is 56.3 Å². The number of rotatable bonds is 7. The van der Waals surface area contributed by atoms with Crippen LogP contribution in [0.15, 0.2) is 193 Å². The summed E-state index contributed by atoms with van der Waals surface area (Å²) in [6, 6.07) is 66.0. The quantitative estimate of drug-likeness (QED) is 0.162. The van der Waals surface area contributed by atoms with E-state index in [1.165, 1.54) is 5.56 Å². The normalized spacial score (nSPS) is 11.7. The Hall–Kier alpha value is -7.07. The van der Waals surface area contributed by atoms with Crippen molar-refractivity contribution in [1.29, 1.82) is 0 Å². The van der Waals surface area contributed by atoms with Gasteiger partial charge in [-0.2, -0.15) is 0 Å². The summed E-state index contributed by atoms with van der Waals surface area (Å²) in [6.07, 6.45) is 1.94. The third kappa shape index (κ3) is 6.45. The molecule has 0 amide bonds. The van der Waals surface area contributed by atoms with Crippen LogP contribution in [0.5, 0.6) is 5.75 Å². The number of nitrogens with zero attached hydrogens (tertiary/aromatic N) is 3. The molecule has 0 bridgehead atoms. The molecule has 0 aliphatic heterocycles. The van der Waals surface area contributed by atoms with Gasteiger partial charge in [0.2, 0.25) is 0 Å². The number of phenolic OH excluding ortho intramolecular Hbond substituents is 1. The molecule has 0 unspecified atom stereocenters. The number of hydrogen-bond donors (Lipinski definition) is 1. The van der Waals surface area contributed by atoms with E-state index >= 15 is 0 Å². The third-order valence-electron chi connectivity index (χ3n) is 12.0. The third-order valence-corrected chi connectivity index (χ3v) is 12.0. The van der Waals surface area contributed by atoms with E-state index in [2.05, 4.69) is 164 Å². The molecule has 3 heterocycles. The van der Waals surface area contributed by atoms with Crippen LogP contribution in [0.2, 0.25) is 0 Å². The first-order chi connectivity index (χ1) is 29.4. The molecule has 0 radical (unpaired) electrons. The standard InChI is InChI=1S/C55H38N3O2.Pt/c1-55(2,39-19-7-4-8-20-39)40-31-37(30-38(32-40)46-33-51-45(34-56-46)52-42-22-10-9-18-36(42)28-29-50(52)60-51)43-24-15-26-48-53(43)57-54(44-23-12-14-27-49(44)59)58(48)47-25-13-11-21-41(47)35-16-5-3-6-17-35;/h3-29,31-34,59H,1-2H3;/q-1;. The smallest absolute Gasteiger partial charge is 0.148 e. The van der Waals surface area contributed by atoms with Crippen molar-refractivity contribution < 1.29 is 30.6 Å². The molecule has 1 N–H and O–H groups in total. The molecule has 296 valence electrons. The van der Waals surface area contributed by atoms with Gasteiger partial charge >= 0.3 is 0 Å². The summed E-state index contributed by atoms with van der Waals surface area (Å²) < 4.78 is 8.70. The predicted molar refractivity (Wildman–Crippen MR) is 244 cm³/mol. The average molecular weight is 968 g/mol. The van der Waals surface area contributed by atoms with Gasteiger partial charge < -0.3 is 9.52 Å². The number of benzene rings is 8. The van der Waals surface area contributed by atoms with Gasteiger partial charge in [0.1, 0.15) is 22.7 Å². The number of imidazole rings is 1. The first kappa shape index (κ1) is 38.2. The molecule has 8 aromatic carbocycles. The van der Waals surface area contributed by atoms with Crippen LogP contribution in [0.4, 0.5) is 0 Å². The van der Waals surface area contributed by atoms with E-state index in [9.17, 15) is 5.11 Å². The fourth-order valence-corrected chi connectivity index (χ4v) is 8.76. The van der Waals surface area contributed by atoms with Crippen molar-refractivity contribution >= 4 is 43.7 Å². The van der Waals surface area contributed by atoms with Crippen molar-refractivity contribution in [3.63, 3.8) is 0 Å². The van der Waals surface area contributed by atoms with Crippen LogP contribution in [-0.4, -0.2) is 19.6 Å². The summed E-state index contributed by atoms with van der Waals surface area (Å²) in [5.74, 6) is 0.803. The minimum absolute atomic E-state index is 0. The van der Waals surface area contributed by atoms with E-state index in [0.717, 1.165) is 88.5 Å². The van der Waals surface area contributed by atoms with Gasteiger partial charge in [0, 0.05) is 54.7 Å². The number of hydrogen-bond acceptors (Lipinski definition) is 4. The summed E-state index contributed by atoms with van der Waals surface area (Å²) in [6.45, 7) is 4.52. The zero-order valence-corrected chi connectivity index (χ0v) is 35.7. The Balaban J connectivity index is 0.00000445. The van der Waals surface area contributed by atoms with Crippen LogP contribution in [0.25, 0.3) is 94.3 Å². The van der Waals surface area contributed by atoms with Gasteiger partial charge in [0.15, 0.2) is 0 Å². The zero-order valence-electron chi connectivity index (χ0n) is 33.4. The second-order valence-electron chi connectivity index (χ2n) is 15.9. The predicted octanol–water partition coefficient (Wildman–Crippen LogP) is 14.0. The number of aromatic nitrogens is 3. The molecule has 0 aliphatic carbocycles. The molecular formula is C55H38N3O2Pt-. The molecular weight excluding hydrogens is 930 g/mol. The minimum Gasteiger partial charge on any atom is -0.507 e. The molecule has 6 heteroatoms. The van der Waals surface area contributed by atoms with E-state index < -0.39 is 0 Å². The molecule has 0 fully saturated rings. The van der Waals surface area contributed by atoms with Gasteiger partial charge in [-0.25, -0.2) is 4.98 Å². The van der Waals surface area contributed by atoms with E-state index in [0.29, 0.717) is 11.4 Å². The van der Waals surface area contributed by atoms with Crippen molar-refractivity contribution in [2.45, 2.75) is 19.3 Å². The van der Waals surface area contributed by atoms with Gasteiger partial charge in [0.05, 0.1) is 22.3 Å². The van der Waals surface area contributed by atoms with Crippen molar-refractivity contribution in [2.75, 3.05) is 0 Å². The Bertz CT molecular complexity index is 3420. The molecule has 11 aromatic rings. The molecule has 3 aromatic heterocycles. The first-order valence-electron chi connectivity index (χ1n) is 20.2. The second kappa shape index (κ2) is 15.2. The average Bonchev–Trinajstić information content (AvgIpc) is 3.88. The monoisotopic (exact) mass is 967 g/mol. The Morgan fingerprint density at radius 2 is 1.28 bits per heavy atom. The number of fused-ring (bicyclic) bond motifs is 6. The number of furan rings is 1. The summed E-state index contributed by atoms with van der Waals surface area (Å²) in [7, 11) is 0. The number of phenols is 1. The largest absolute Gasteiger partial charge is 0.507 e. The summed E-state index contributed by atoms with van der Waals surface area (Å²) in [4.78, 5) is 10.5. The van der Waals surface area contributed by atoms with E-state index in [-0.39, 0.29) is 32.2 Å². The SMILES string of the molecule is CC(C)(c1ccccc1)c1cc(-c2cc3oc4ccc5ccccc5c4c3cn2)[c-]c(-c2cccc3c2nc(-c2ccccc2O)n3-c2ccccc2-c2ccccc2)c1.[Pt]. The molecule has 11 rings (SSSR count). The summed E-state index contributed by atoms with van der Waals surface area (Å²) in [5.41, 5.74) is 12.4. The van der Waals surface area contributed by atoms with E-state index in [1.807, 2.05) is 42.6 Å². The van der Waals surface area contributed by atoms with Crippen molar-refractivity contribution in [2.24, 2.45) is 0 Å². The van der Waals surface area contributed by atoms with Crippen LogP contribution in [-0.2, 0) is 26.5 Å². The van der Waals surface area contributed by atoms with Crippen LogP contribution in [0.3, 0.4) is 0 Å². The topological polar surface area (TPSA) is 64.1 Å². The second-order valence-corrected chi connectivity index (χ2v) is 15.9.